The van der Waals surface area contributed by atoms with E-state index in [0.717, 1.165) is 12.1 Å². The number of ether oxygens (including phenoxy) is 1. The molecule has 1 aliphatic heterocycles. The van der Waals surface area contributed by atoms with Crippen LogP contribution in [0.4, 0.5) is 0 Å². The highest BCUT2D eigenvalue weighted by Gasteiger charge is 2.32. The van der Waals surface area contributed by atoms with Crippen molar-refractivity contribution in [1.82, 2.24) is 25.5 Å². The molecule has 7 nitrogen and oxygen atoms in total. The average molecular weight is 301 g/mol. The summed E-state index contributed by atoms with van der Waals surface area (Å²) in [6.45, 7) is 6.44. The maximum absolute atomic E-state index is 12.3. The number of aromatic nitrogens is 4. The summed E-state index contributed by atoms with van der Waals surface area (Å²) in [6, 6.07) is 7.25. The Morgan fingerprint density at radius 3 is 2.64 bits per heavy atom. The number of aryl methyl sites for hydroxylation is 1. The molecule has 116 valence electrons. The first-order valence-electron chi connectivity index (χ1n) is 7.25. The van der Waals surface area contributed by atoms with Gasteiger partial charge in [-0.1, -0.05) is 0 Å². The van der Waals surface area contributed by atoms with E-state index in [1.165, 1.54) is 0 Å². The lowest BCUT2D eigenvalue weighted by Crippen LogP contribution is -2.35. The van der Waals surface area contributed by atoms with Gasteiger partial charge in [-0.3, -0.25) is 4.79 Å². The summed E-state index contributed by atoms with van der Waals surface area (Å²) in [4.78, 5) is 12.3. The zero-order valence-electron chi connectivity index (χ0n) is 12.9. The molecule has 1 amide bonds. The molecule has 1 aromatic heterocycles. The van der Waals surface area contributed by atoms with Gasteiger partial charge in [-0.2, -0.15) is 4.68 Å². The van der Waals surface area contributed by atoms with Crippen molar-refractivity contribution in [2.24, 2.45) is 0 Å². The maximum Gasteiger partial charge on any atom is 0.251 e. The largest absolute Gasteiger partial charge is 0.373 e. The van der Waals surface area contributed by atoms with E-state index in [9.17, 15) is 4.79 Å². The van der Waals surface area contributed by atoms with Crippen LogP contribution in [0.25, 0.3) is 5.69 Å². The molecular weight excluding hydrogens is 282 g/mol. The minimum absolute atomic E-state index is 0.0592. The second kappa shape index (κ2) is 5.49. The van der Waals surface area contributed by atoms with Gasteiger partial charge in [0.15, 0.2) is 5.82 Å². The smallest absolute Gasteiger partial charge is 0.251 e. The van der Waals surface area contributed by atoms with E-state index in [-0.39, 0.29) is 17.6 Å². The molecule has 1 atom stereocenters. The van der Waals surface area contributed by atoms with Crippen LogP contribution in [0.2, 0.25) is 0 Å². The van der Waals surface area contributed by atoms with Crippen molar-refractivity contribution < 1.29 is 9.53 Å². The molecule has 2 aromatic rings. The van der Waals surface area contributed by atoms with E-state index in [4.69, 9.17) is 4.74 Å². The monoisotopic (exact) mass is 301 g/mol. The number of nitrogens with zero attached hydrogens (tertiary/aromatic N) is 4. The lowest BCUT2D eigenvalue weighted by Gasteiger charge is -2.16. The lowest BCUT2D eigenvalue weighted by atomic mass is 10.0. The third-order valence-corrected chi connectivity index (χ3v) is 3.75. The number of amides is 1. The van der Waals surface area contributed by atoms with Gasteiger partial charge >= 0.3 is 0 Å². The van der Waals surface area contributed by atoms with Crippen molar-refractivity contribution in [2.75, 3.05) is 6.61 Å². The summed E-state index contributed by atoms with van der Waals surface area (Å²) < 4.78 is 7.25. The molecule has 0 bridgehead atoms. The van der Waals surface area contributed by atoms with Crippen LogP contribution in [0, 0.1) is 6.92 Å². The first-order valence-corrected chi connectivity index (χ1v) is 7.25. The van der Waals surface area contributed by atoms with Crippen LogP contribution in [-0.2, 0) is 4.74 Å². The second-order valence-electron chi connectivity index (χ2n) is 6.13. The highest BCUT2D eigenvalue weighted by atomic mass is 16.5. The van der Waals surface area contributed by atoms with E-state index in [1.807, 2.05) is 32.9 Å². The first kappa shape index (κ1) is 14.6. The van der Waals surface area contributed by atoms with Crippen molar-refractivity contribution >= 4 is 5.91 Å². The lowest BCUT2D eigenvalue weighted by molar-refractivity contribution is 0.0355. The fraction of sp³-hybridized carbons (Fsp3) is 0.467. The van der Waals surface area contributed by atoms with Crippen molar-refractivity contribution in [3.05, 3.63) is 35.7 Å². The summed E-state index contributed by atoms with van der Waals surface area (Å²) in [6.07, 6.45) is 0.820. The average Bonchev–Trinajstić information content (AvgIpc) is 3.04. The highest BCUT2D eigenvalue weighted by Crippen LogP contribution is 2.24. The van der Waals surface area contributed by atoms with Crippen molar-refractivity contribution in [3.8, 4) is 5.69 Å². The van der Waals surface area contributed by atoms with Gasteiger partial charge in [-0.25, -0.2) is 0 Å². The Labute approximate surface area is 128 Å². The molecule has 3 rings (SSSR count). The first-order chi connectivity index (χ1) is 10.4. The van der Waals surface area contributed by atoms with Gasteiger partial charge in [0, 0.05) is 5.56 Å². The summed E-state index contributed by atoms with van der Waals surface area (Å²) >= 11 is 0. The van der Waals surface area contributed by atoms with E-state index in [1.54, 1.807) is 16.8 Å². The summed E-state index contributed by atoms with van der Waals surface area (Å²) in [5.41, 5.74) is 1.27. The third kappa shape index (κ3) is 2.99. The Morgan fingerprint density at radius 2 is 2.09 bits per heavy atom. The van der Waals surface area contributed by atoms with Crippen LogP contribution in [0.1, 0.15) is 36.5 Å². The van der Waals surface area contributed by atoms with Crippen molar-refractivity contribution in [2.45, 2.75) is 38.8 Å². The molecule has 0 saturated carbocycles. The van der Waals surface area contributed by atoms with Crippen LogP contribution in [0.15, 0.2) is 24.3 Å². The topological polar surface area (TPSA) is 81.9 Å². The molecule has 1 N–H and O–H groups in total. The predicted molar refractivity (Wildman–Crippen MR) is 79.8 cm³/mol. The zero-order chi connectivity index (χ0) is 15.7. The molecule has 1 aromatic carbocycles. The molecule has 2 heterocycles. The van der Waals surface area contributed by atoms with Crippen LogP contribution >= 0.6 is 0 Å². The van der Waals surface area contributed by atoms with Gasteiger partial charge in [-0.15, -0.1) is 5.10 Å². The SMILES string of the molecule is Cc1nnnn1-c1ccc(C(=O)NC2COC(C)(C)C2)cc1. The van der Waals surface area contributed by atoms with Gasteiger partial charge in [0.2, 0.25) is 0 Å². The standard InChI is InChI=1S/C15H19N5O2/c1-10-17-18-19-20(10)13-6-4-11(5-7-13)14(21)16-12-8-15(2,3)22-9-12/h4-7,12H,8-9H2,1-3H3,(H,16,21). The van der Waals surface area contributed by atoms with Gasteiger partial charge in [0.05, 0.1) is 23.9 Å². The number of benzene rings is 1. The van der Waals surface area contributed by atoms with Crippen molar-refractivity contribution in [1.29, 1.82) is 0 Å². The second-order valence-corrected chi connectivity index (χ2v) is 6.13. The molecule has 0 spiro atoms. The molecule has 1 aliphatic rings. The van der Waals surface area contributed by atoms with Gasteiger partial charge in [0.1, 0.15) is 0 Å². The zero-order valence-corrected chi connectivity index (χ0v) is 12.9. The highest BCUT2D eigenvalue weighted by molar-refractivity contribution is 5.94. The van der Waals surface area contributed by atoms with Gasteiger partial charge < -0.3 is 10.1 Å². The van der Waals surface area contributed by atoms with E-state index in [2.05, 4.69) is 20.8 Å². The Hall–Kier alpha value is -2.28. The number of hydrogen-bond donors (Lipinski definition) is 1. The summed E-state index contributed by atoms with van der Waals surface area (Å²) in [7, 11) is 0. The third-order valence-electron chi connectivity index (χ3n) is 3.75. The van der Waals surface area contributed by atoms with Crippen LogP contribution in [-0.4, -0.2) is 44.4 Å². The fourth-order valence-electron chi connectivity index (χ4n) is 2.62. The number of carbonyl (C=O) groups excluding carboxylic acids is 1. The van der Waals surface area contributed by atoms with Crippen LogP contribution in [0.3, 0.4) is 0 Å². The van der Waals surface area contributed by atoms with Crippen LogP contribution in [0.5, 0.6) is 0 Å². The van der Waals surface area contributed by atoms with Gasteiger partial charge in [0.25, 0.3) is 5.91 Å². The number of rotatable bonds is 3. The fourth-order valence-corrected chi connectivity index (χ4v) is 2.62. The number of hydrogen-bond acceptors (Lipinski definition) is 5. The molecule has 7 heteroatoms. The molecule has 0 radical (unpaired) electrons. The Kier molecular flexibility index (Phi) is 3.66. The summed E-state index contributed by atoms with van der Waals surface area (Å²) in [5.74, 6) is 0.605. The molecule has 1 saturated heterocycles. The normalized spacial score (nSPS) is 20.0. The summed E-state index contributed by atoms with van der Waals surface area (Å²) in [5, 5.41) is 14.4. The van der Waals surface area contributed by atoms with Crippen molar-refractivity contribution in [3.63, 3.8) is 0 Å². The molecule has 1 fully saturated rings. The minimum atomic E-state index is -0.167. The van der Waals surface area contributed by atoms with Crippen LogP contribution < -0.4 is 5.32 Å². The maximum atomic E-state index is 12.3. The molecule has 0 aliphatic carbocycles. The minimum Gasteiger partial charge on any atom is -0.373 e. The molecule has 1 unspecified atom stereocenters. The predicted octanol–water partition coefficient (Wildman–Crippen LogP) is 1.27. The van der Waals surface area contributed by atoms with Gasteiger partial charge in [-0.05, 0) is 61.9 Å². The Morgan fingerprint density at radius 1 is 1.36 bits per heavy atom. The van der Waals surface area contributed by atoms with E-state index in [0.29, 0.717) is 18.0 Å². The Balaban J connectivity index is 1.68. The number of carbonyl (C=O) groups is 1. The molecular formula is C15H19N5O2. The Bertz CT molecular complexity index is 677. The quantitative estimate of drug-likeness (QED) is 0.923. The van der Waals surface area contributed by atoms with E-state index < -0.39 is 0 Å². The van der Waals surface area contributed by atoms with E-state index >= 15 is 0 Å². The number of nitrogens with one attached hydrogen (secondary N) is 1. The number of tetrazole rings is 1. The molecule has 22 heavy (non-hydrogen) atoms.